The van der Waals surface area contributed by atoms with E-state index < -0.39 is 0 Å². The maximum absolute atomic E-state index is 3.05. The minimum absolute atomic E-state index is 0.162. The molecule has 0 N–H and O–H groups in total. The molecule has 0 saturated carbocycles. The monoisotopic (exact) mass is 1710 g/mol. The van der Waals surface area contributed by atoms with Gasteiger partial charge in [0, 0.05) is 177 Å². The van der Waals surface area contributed by atoms with Gasteiger partial charge >= 0.3 is 0 Å². The molecule has 16 nitrogen and oxygen atoms in total. The molecule has 0 saturated heterocycles. The third kappa shape index (κ3) is 11.9. The summed E-state index contributed by atoms with van der Waals surface area (Å²) in [6, 6.07) is 0. The highest BCUT2D eigenvalue weighted by Gasteiger charge is 2.61. The first-order chi connectivity index (χ1) is 56.1. The lowest BCUT2D eigenvalue weighted by atomic mass is 9.60. The van der Waals surface area contributed by atoms with E-state index in [9.17, 15) is 0 Å². The normalized spacial score (nSPS) is 25.0. The maximum atomic E-state index is 3.05. The largest absolute Gasteiger partial charge is 0.358 e. The average Bonchev–Trinajstić information content (AvgIpc) is 0.740. The molecule has 0 radical (unpaired) electrons. The van der Waals surface area contributed by atoms with Gasteiger partial charge in [-0.15, -0.1) is 91.5 Å². The molecule has 16 rings (SSSR count). The van der Waals surface area contributed by atoms with Gasteiger partial charge in [-0.25, -0.2) is 0 Å². The summed E-state index contributed by atoms with van der Waals surface area (Å²) in [5.74, 6) is 18.8. The van der Waals surface area contributed by atoms with E-state index in [-0.39, 0.29) is 5.54 Å². The van der Waals surface area contributed by atoms with Gasteiger partial charge in [-0.05, 0) is 213 Å². The van der Waals surface area contributed by atoms with E-state index in [4.69, 9.17) is 0 Å². The minimum atomic E-state index is -0.162. The molecule has 0 amide bonds. The molecular weight excluding hydrogens is 1570 g/mol. The van der Waals surface area contributed by atoms with E-state index in [2.05, 4.69) is 300 Å². The lowest BCUT2D eigenvalue weighted by molar-refractivity contribution is 0.0816. The van der Waals surface area contributed by atoms with Gasteiger partial charge in [0.1, 0.15) is 109 Å². The summed E-state index contributed by atoms with van der Waals surface area (Å²) in [5, 5.41) is 0. The fraction of sp³-hybridized carbons (Fsp3) is 0.692. The van der Waals surface area contributed by atoms with E-state index >= 15 is 0 Å². The van der Waals surface area contributed by atoms with Crippen molar-refractivity contribution < 1.29 is 0 Å². The van der Waals surface area contributed by atoms with Crippen LogP contribution in [0.3, 0.4) is 0 Å². The molecule has 0 bridgehead atoms. The molecule has 0 fully saturated rings. The van der Waals surface area contributed by atoms with Crippen LogP contribution in [0.15, 0.2) is 88.2 Å². The first kappa shape index (κ1) is 83.8. The maximum Gasteiger partial charge on any atom is 0.144 e. The Balaban J connectivity index is 0.832. The number of fused-ring (bicyclic) bond motifs is 7. The van der Waals surface area contributed by atoms with Gasteiger partial charge in [0.05, 0.1) is 5.54 Å². The SMILES string of the molecule is CCC1CCN(CC)C2=C1C(CC)C1=C(N2CC)N(CC)C2=C(C1CC)C(CC)C1=C(N2CC)N(CC)C2=C(C(CC)C3=C(N(CC)C4=C(C3CC)C(CC)C3(CSc5sc6sc7sc8sc9sc%10sc%11c(n(CC)c%10n(CC)c9n(CC)c8n(CC)c7n(CC)c6n(CC)c5N3CC)N(CC)CCS%11)CN4CC)N2CC)C1CC. The molecule has 9 unspecified atom stereocenters. The van der Waals surface area contributed by atoms with Crippen LogP contribution in [0.25, 0.3) is 48.3 Å². The number of aryl methyl sites for hydroxylation is 6. The number of aromatic nitrogens is 6. The predicted molar refractivity (Wildman–Crippen MR) is 504 cm³/mol. The average molecular weight is 1710 g/mol. The third-order valence-corrected chi connectivity index (χ3v) is 38.9. The van der Waals surface area contributed by atoms with Crippen LogP contribution in [-0.4, -0.2) is 169 Å². The van der Waals surface area contributed by atoms with Crippen molar-refractivity contribution in [2.45, 2.75) is 277 Å². The zero-order chi connectivity index (χ0) is 81.4. The van der Waals surface area contributed by atoms with Gasteiger partial charge in [-0.1, -0.05) is 55.4 Å². The molecule has 115 heavy (non-hydrogen) atoms. The van der Waals surface area contributed by atoms with Crippen molar-refractivity contribution in [2.24, 2.45) is 47.3 Å². The summed E-state index contributed by atoms with van der Waals surface area (Å²) in [4.78, 5) is 29.0. The Bertz CT molecular complexity index is 5140. The zero-order valence-electron chi connectivity index (χ0n) is 74.8. The molecule has 10 aliphatic rings. The fourth-order valence-electron chi connectivity index (χ4n) is 24.6. The minimum Gasteiger partial charge on any atom is -0.358 e. The predicted octanol–water partition coefficient (Wildman–Crippen LogP) is 24.5. The Kier molecular flexibility index (Phi) is 24.4. The number of nitrogens with zero attached hydrogens (tertiary/aromatic N) is 16. The standard InChI is InChI=1S/C91H140N16S8/c1-25-55-49-50-92(33-9)70-63(55)56(26-2)64-57(27-3)65-58(28-4)66-59(29-5)67-60(30-6)68-61(31-7)69-62(32-8)91(53-94(35-11)71(69)96(37-13)73(68)98(39-15)75(67)100(41-17)76(66)99(40-16)74(65)97(38-14)72(64)95(70)36-12)54-109-85-83(107(91)48-24)106(47-23)82-87(111-85)113-89-81(105(82)46-22)104(45-21)80-90(115-89)114-88-79(103(80)44-20)102(43-19)78-86(112-88)110-84-77(101(78)42-18)93(34-10)51-52-108-84/h55-62H,25-54H2,1-24H3. The lowest BCUT2D eigenvalue weighted by Crippen LogP contribution is -2.68. The Morgan fingerprint density at radius 1 is 0.278 bits per heavy atom. The molecule has 16 heterocycles. The highest BCUT2D eigenvalue weighted by Crippen LogP contribution is 2.66. The Morgan fingerprint density at radius 2 is 0.609 bits per heavy atom. The second-order valence-corrected chi connectivity index (χ2v) is 43.1. The topological polar surface area (TPSA) is 62.0 Å². The zero-order valence-corrected chi connectivity index (χ0v) is 81.3. The second kappa shape index (κ2) is 33.5. The highest BCUT2D eigenvalue weighted by atomic mass is 32.2. The van der Waals surface area contributed by atoms with Crippen LogP contribution in [0.4, 0.5) is 11.6 Å². The van der Waals surface area contributed by atoms with E-state index in [0.717, 1.165) is 181 Å². The second-order valence-electron chi connectivity index (χ2n) is 33.1. The van der Waals surface area contributed by atoms with Crippen molar-refractivity contribution in [3.8, 4) is 0 Å². The molecule has 1 spiro atoms. The molecule has 9 atom stereocenters. The summed E-state index contributed by atoms with van der Waals surface area (Å²) in [5.41, 5.74) is 18.9. The van der Waals surface area contributed by atoms with Crippen LogP contribution in [0.5, 0.6) is 0 Å². The van der Waals surface area contributed by atoms with E-state index in [1.807, 2.05) is 34.0 Å². The van der Waals surface area contributed by atoms with Crippen molar-refractivity contribution in [2.75, 3.05) is 106 Å². The number of allylic oxidation sites excluding steroid dienone is 6. The van der Waals surface area contributed by atoms with Crippen LogP contribution in [0.2, 0.25) is 0 Å². The summed E-state index contributed by atoms with van der Waals surface area (Å²) >= 11 is 16.6. The van der Waals surface area contributed by atoms with Crippen molar-refractivity contribution in [1.82, 2.24) is 66.6 Å². The number of rotatable bonds is 24. The quantitative estimate of drug-likeness (QED) is 0.0543. The molecule has 0 aromatic carbocycles. The van der Waals surface area contributed by atoms with Crippen LogP contribution >= 0.6 is 91.5 Å². The molecule has 632 valence electrons. The first-order valence-corrected chi connectivity index (χ1v) is 53.0. The van der Waals surface area contributed by atoms with Crippen molar-refractivity contribution >= 4 is 151 Å². The van der Waals surface area contributed by atoms with Gasteiger partial charge in [-0.3, -0.25) is 0 Å². The molecule has 10 aliphatic heterocycles. The Morgan fingerprint density at radius 3 is 0.948 bits per heavy atom. The Hall–Kier alpha value is -4.82. The number of thioether (sulfide) groups is 2. The first-order valence-electron chi connectivity index (χ1n) is 46.1. The van der Waals surface area contributed by atoms with Crippen molar-refractivity contribution in [3.05, 3.63) is 79.8 Å². The fourth-order valence-corrected chi connectivity index (χ4v) is 37.1. The van der Waals surface area contributed by atoms with Gasteiger partial charge < -0.3 is 76.4 Å². The summed E-state index contributed by atoms with van der Waals surface area (Å²) in [7, 11) is 0. The molecule has 24 heteroatoms. The van der Waals surface area contributed by atoms with E-state index in [1.165, 1.54) is 116 Å². The summed E-state index contributed by atoms with van der Waals surface area (Å²) in [6.07, 6.45) is 10.3. The molecule has 0 aliphatic carbocycles. The molecule has 6 aromatic rings. The van der Waals surface area contributed by atoms with Crippen molar-refractivity contribution in [3.63, 3.8) is 0 Å². The molecular formula is C91H140N16S8. The number of anilines is 2. The summed E-state index contributed by atoms with van der Waals surface area (Å²) < 4.78 is 26.6. The van der Waals surface area contributed by atoms with Gasteiger partial charge in [0.2, 0.25) is 0 Å². The van der Waals surface area contributed by atoms with Crippen molar-refractivity contribution in [1.29, 1.82) is 0 Å². The smallest absolute Gasteiger partial charge is 0.144 e. The number of hydrogen-bond donors (Lipinski definition) is 0. The van der Waals surface area contributed by atoms with E-state index in [0.29, 0.717) is 47.3 Å². The van der Waals surface area contributed by atoms with Crippen LogP contribution in [0, 0.1) is 47.3 Å². The highest BCUT2D eigenvalue weighted by molar-refractivity contribution is 8.01. The van der Waals surface area contributed by atoms with Gasteiger partial charge in [0.25, 0.3) is 0 Å². The number of likely N-dealkylation sites (N-methyl/N-ethyl adjacent to an activating group) is 2. The van der Waals surface area contributed by atoms with Gasteiger partial charge in [-0.2, -0.15) is 0 Å². The third-order valence-electron chi connectivity index (χ3n) is 28.9. The van der Waals surface area contributed by atoms with Crippen LogP contribution in [-0.2, 0) is 39.3 Å². The molecule has 6 aromatic heterocycles. The summed E-state index contributed by atoms with van der Waals surface area (Å²) in [6.45, 7) is 78.1. The number of hydrogen-bond acceptors (Lipinski definition) is 18. The Labute approximate surface area is 722 Å². The lowest BCUT2D eigenvalue weighted by Gasteiger charge is -2.63. The van der Waals surface area contributed by atoms with E-state index in [1.54, 1.807) is 44.8 Å². The van der Waals surface area contributed by atoms with Crippen LogP contribution < -0.4 is 9.80 Å². The van der Waals surface area contributed by atoms with Gasteiger partial charge in [0.15, 0.2) is 0 Å². The van der Waals surface area contributed by atoms with Crippen LogP contribution in [0.1, 0.15) is 224 Å².